The van der Waals surface area contributed by atoms with Gasteiger partial charge in [-0.1, -0.05) is 64.5 Å². The summed E-state index contributed by atoms with van der Waals surface area (Å²) in [5.41, 5.74) is 7.17. The fraction of sp³-hybridized carbons (Fsp3) is 0.0952. The minimum Gasteiger partial charge on any atom is -0.366 e. The van der Waals surface area contributed by atoms with Gasteiger partial charge in [0.1, 0.15) is 0 Å². The third kappa shape index (κ3) is 4.01. The number of nitrogens with zero attached hydrogens (tertiary/aromatic N) is 1. The number of halogens is 1. The highest BCUT2D eigenvalue weighted by Crippen LogP contribution is 2.35. The van der Waals surface area contributed by atoms with Crippen molar-refractivity contribution in [3.05, 3.63) is 100 Å². The molecule has 1 atom stereocenters. The average Bonchev–Trinajstić information content (AvgIpc) is 2.70. The second-order valence-electron chi connectivity index (χ2n) is 6.24. The van der Waals surface area contributed by atoms with E-state index in [9.17, 15) is 13.2 Å². The molecule has 0 aliphatic rings. The highest BCUT2D eigenvalue weighted by molar-refractivity contribution is 9.10. The number of primary amides is 1. The van der Waals surface area contributed by atoms with Crippen molar-refractivity contribution in [2.75, 3.05) is 7.05 Å². The fourth-order valence-corrected chi connectivity index (χ4v) is 4.84. The van der Waals surface area contributed by atoms with Gasteiger partial charge >= 0.3 is 0 Å². The Hall–Kier alpha value is -2.48. The molecule has 5 nitrogen and oxygen atoms in total. The molecule has 0 radical (unpaired) electrons. The molecule has 0 aliphatic heterocycles. The topological polar surface area (TPSA) is 80.5 Å². The van der Waals surface area contributed by atoms with E-state index in [-0.39, 0.29) is 10.5 Å². The lowest BCUT2D eigenvalue weighted by molar-refractivity contribution is 0.1000. The van der Waals surface area contributed by atoms with Gasteiger partial charge in [-0.05, 0) is 41.5 Å². The molecule has 2 N–H and O–H groups in total. The van der Waals surface area contributed by atoms with Gasteiger partial charge in [0.2, 0.25) is 15.9 Å². The Kier molecular flexibility index (Phi) is 5.98. The SMILES string of the molecule is CN(C(c1ccccc1)c1ccccc1Br)S(=O)(=O)c1ccc(C(N)=O)cc1. The number of sulfonamides is 1. The van der Waals surface area contributed by atoms with Gasteiger partial charge in [0.25, 0.3) is 0 Å². The molecule has 0 bridgehead atoms. The zero-order valence-corrected chi connectivity index (χ0v) is 17.5. The van der Waals surface area contributed by atoms with Crippen LogP contribution in [0.2, 0.25) is 0 Å². The predicted molar refractivity (Wildman–Crippen MR) is 112 cm³/mol. The molecule has 0 saturated heterocycles. The van der Waals surface area contributed by atoms with E-state index in [1.54, 1.807) is 7.05 Å². The third-order valence-electron chi connectivity index (χ3n) is 4.49. The average molecular weight is 459 g/mol. The number of amides is 1. The molecule has 144 valence electrons. The minimum absolute atomic E-state index is 0.0907. The molecule has 0 aliphatic carbocycles. The number of hydrogen-bond donors (Lipinski definition) is 1. The summed E-state index contributed by atoms with van der Waals surface area (Å²) in [4.78, 5) is 11.4. The van der Waals surface area contributed by atoms with Crippen LogP contribution in [0.25, 0.3) is 0 Å². The first-order chi connectivity index (χ1) is 13.3. The molecule has 1 amide bonds. The molecule has 7 heteroatoms. The van der Waals surface area contributed by atoms with E-state index in [0.717, 1.165) is 15.6 Å². The Bertz CT molecular complexity index is 1080. The molecular formula is C21H19BrN2O3S. The van der Waals surface area contributed by atoms with Crippen molar-refractivity contribution in [1.29, 1.82) is 0 Å². The number of carbonyl (C=O) groups excluding carboxylic acids is 1. The molecule has 1 unspecified atom stereocenters. The maximum Gasteiger partial charge on any atom is 0.248 e. The second-order valence-corrected chi connectivity index (χ2v) is 9.10. The zero-order valence-electron chi connectivity index (χ0n) is 15.1. The number of benzene rings is 3. The second kappa shape index (κ2) is 8.26. The standard InChI is InChI=1S/C21H19BrN2O3S/c1-24(28(26,27)17-13-11-16(12-14-17)21(23)25)20(15-7-3-2-4-8-15)18-9-5-6-10-19(18)22/h2-14,20H,1H3,(H2,23,25). The molecule has 0 fully saturated rings. The van der Waals surface area contributed by atoms with Crippen LogP contribution in [0.5, 0.6) is 0 Å². The van der Waals surface area contributed by atoms with Crippen LogP contribution in [0, 0.1) is 0 Å². The van der Waals surface area contributed by atoms with E-state index in [0.29, 0.717) is 0 Å². The zero-order chi connectivity index (χ0) is 20.3. The quantitative estimate of drug-likeness (QED) is 0.606. The molecule has 3 rings (SSSR count). The summed E-state index contributed by atoms with van der Waals surface area (Å²) in [7, 11) is -2.28. The van der Waals surface area contributed by atoms with Crippen molar-refractivity contribution in [2.45, 2.75) is 10.9 Å². The van der Waals surface area contributed by atoms with Crippen LogP contribution in [0.1, 0.15) is 27.5 Å². The first kappa shape index (κ1) is 20.3. The van der Waals surface area contributed by atoms with Crippen LogP contribution in [-0.4, -0.2) is 25.7 Å². The van der Waals surface area contributed by atoms with Crippen molar-refractivity contribution in [1.82, 2.24) is 4.31 Å². The normalized spacial score (nSPS) is 12.7. The van der Waals surface area contributed by atoms with Crippen LogP contribution in [0.4, 0.5) is 0 Å². The van der Waals surface area contributed by atoms with Gasteiger partial charge in [-0.25, -0.2) is 8.42 Å². The summed E-state index contributed by atoms with van der Waals surface area (Å²) in [6.07, 6.45) is 0. The highest BCUT2D eigenvalue weighted by atomic mass is 79.9. The molecule has 0 spiro atoms. The Labute approximate surface area is 173 Å². The van der Waals surface area contributed by atoms with Gasteiger partial charge in [-0.3, -0.25) is 4.79 Å². The Balaban J connectivity index is 2.09. The van der Waals surface area contributed by atoms with E-state index in [4.69, 9.17) is 5.73 Å². The van der Waals surface area contributed by atoms with Gasteiger partial charge < -0.3 is 5.73 Å². The van der Waals surface area contributed by atoms with Crippen LogP contribution >= 0.6 is 15.9 Å². The first-order valence-corrected chi connectivity index (χ1v) is 10.7. The van der Waals surface area contributed by atoms with Gasteiger partial charge in [0.15, 0.2) is 0 Å². The summed E-state index contributed by atoms with van der Waals surface area (Å²) < 4.78 is 28.8. The largest absolute Gasteiger partial charge is 0.366 e. The summed E-state index contributed by atoms with van der Waals surface area (Å²) in [5, 5.41) is 0. The molecule has 28 heavy (non-hydrogen) atoms. The van der Waals surface area contributed by atoms with E-state index >= 15 is 0 Å². The number of carbonyl (C=O) groups is 1. The molecule has 0 aromatic heterocycles. The fourth-order valence-electron chi connectivity index (χ4n) is 3.01. The Morgan fingerprint density at radius 1 is 0.929 bits per heavy atom. The van der Waals surface area contributed by atoms with Crippen LogP contribution in [-0.2, 0) is 10.0 Å². The van der Waals surface area contributed by atoms with Crippen molar-refractivity contribution in [3.8, 4) is 0 Å². The summed E-state index contributed by atoms with van der Waals surface area (Å²) in [5.74, 6) is -0.604. The van der Waals surface area contributed by atoms with Gasteiger partial charge in [-0.15, -0.1) is 0 Å². The van der Waals surface area contributed by atoms with Crippen molar-refractivity contribution in [2.24, 2.45) is 5.73 Å². The minimum atomic E-state index is -3.83. The lowest BCUT2D eigenvalue weighted by Crippen LogP contribution is -2.32. The van der Waals surface area contributed by atoms with Gasteiger partial charge in [0.05, 0.1) is 10.9 Å². The molecule has 3 aromatic carbocycles. The van der Waals surface area contributed by atoms with Crippen LogP contribution in [0.15, 0.2) is 88.2 Å². The number of nitrogens with two attached hydrogens (primary N) is 1. The smallest absolute Gasteiger partial charge is 0.248 e. The maximum absolute atomic E-state index is 13.3. The van der Waals surface area contributed by atoms with E-state index < -0.39 is 22.0 Å². The predicted octanol–water partition coefficient (Wildman–Crippen LogP) is 3.96. The van der Waals surface area contributed by atoms with Gasteiger partial charge in [0, 0.05) is 17.1 Å². The molecule has 3 aromatic rings. The van der Waals surface area contributed by atoms with E-state index in [1.807, 2.05) is 54.6 Å². The highest BCUT2D eigenvalue weighted by Gasteiger charge is 2.31. The number of hydrogen-bond acceptors (Lipinski definition) is 3. The van der Waals surface area contributed by atoms with E-state index in [2.05, 4.69) is 15.9 Å². The van der Waals surface area contributed by atoms with Crippen LogP contribution in [0.3, 0.4) is 0 Å². The van der Waals surface area contributed by atoms with Crippen LogP contribution < -0.4 is 5.73 Å². The lowest BCUT2D eigenvalue weighted by Gasteiger charge is -2.29. The summed E-state index contributed by atoms with van der Waals surface area (Å²) in [6.45, 7) is 0. The van der Waals surface area contributed by atoms with E-state index in [1.165, 1.54) is 28.6 Å². The Morgan fingerprint density at radius 3 is 2.07 bits per heavy atom. The lowest BCUT2D eigenvalue weighted by atomic mass is 9.99. The maximum atomic E-state index is 13.3. The summed E-state index contributed by atoms with van der Waals surface area (Å²) >= 11 is 3.54. The molecule has 0 saturated carbocycles. The molecular weight excluding hydrogens is 440 g/mol. The monoisotopic (exact) mass is 458 g/mol. The van der Waals surface area contributed by atoms with Crippen molar-refractivity contribution in [3.63, 3.8) is 0 Å². The van der Waals surface area contributed by atoms with Crippen molar-refractivity contribution < 1.29 is 13.2 Å². The number of rotatable bonds is 6. The van der Waals surface area contributed by atoms with Crippen molar-refractivity contribution >= 4 is 31.9 Å². The van der Waals surface area contributed by atoms with Gasteiger partial charge in [-0.2, -0.15) is 4.31 Å². The Morgan fingerprint density at radius 2 is 1.50 bits per heavy atom. The first-order valence-electron chi connectivity index (χ1n) is 8.49. The summed E-state index contributed by atoms with van der Waals surface area (Å²) in [6, 6.07) is 22.1. The third-order valence-corrected chi connectivity index (χ3v) is 7.05. The molecule has 0 heterocycles.